The molecule has 0 atom stereocenters. The summed E-state index contributed by atoms with van der Waals surface area (Å²) in [5.41, 5.74) is 3.53. The van der Waals surface area contributed by atoms with E-state index >= 15 is 0 Å². The second-order valence-corrected chi connectivity index (χ2v) is 5.89. The van der Waals surface area contributed by atoms with E-state index in [9.17, 15) is 4.79 Å². The van der Waals surface area contributed by atoms with E-state index in [0.29, 0.717) is 5.92 Å². The Bertz CT molecular complexity index is 471. The lowest BCUT2D eigenvalue weighted by Crippen LogP contribution is -2.24. The normalized spacial score (nSPS) is 15.1. The highest BCUT2D eigenvalue weighted by atomic mass is 16.1. The van der Waals surface area contributed by atoms with Crippen LogP contribution in [0.25, 0.3) is 0 Å². The molecular weight excluding hydrogens is 246 g/mol. The van der Waals surface area contributed by atoms with E-state index in [-0.39, 0.29) is 5.91 Å². The van der Waals surface area contributed by atoms with E-state index in [2.05, 4.69) is 25.2 Å². The van der Waals surface area contributed by atoms with E-state index in [1.54, 1.807) is 0 Å². The van der Waals surface area contributed by atoms with Crippen LogP contribution in [0.3, 0.4) is 0 Å². The molecular formula is C18H25NO. The zero-order chi connectivity index (χ0) is 14.4. The van der Waals surface area contributed by atoms with Gasteiger partial charge in [-0.2, -0.15) is 0 Å². The van der Waals surface area contributed by atoms with Crippen molar-refractivity contribution < 1.29 is 4.79 Å². The van der Waals surface area contributed by atoms with E-state index in [1.165, 1.54) is 36.8 Å². The summed E-state index contributed by atoms with van der Waals surface area (Å²) < 4.78 is 0. The number of allylic oxidation sites excluding steroid dienone is 1. The Morgan fingerprint density at radius 2 is 1.95 bits per heavy atom. The molecule has 0 saturated heterocycles. The van der Waals surface area contributed by atoms with Crippen molar-refractivity contribution in [3.05, 3.63) is 47.0 Å². The van der Waals surface area contributed by atoms with E-state index in [4.69, 9.17) is 0 Å². The highest BCUT2D eigenvalue weighted by Crippen LogP contribution is 2.19. The molecule has 2 heteroatoms. The van der Waals surface area contributed by atoms with Gasteiger partial charge in [-0.3, -0.25) is 4.79 Å². The number of benzene rings is 1. The molecule has 1 aromatic carbocycles. The van der Waals surface area contributed by atoms with Crippen LogP contribution < -0.4 is 5.32 Å². The minimum absolute atomic E-state index is 0.0386. The van der Waals surface area contributed by atoms with Gasteiger partial charge in [-0.25, -0.2) is 0 Å². The molecule has 0 fully saturated rings. The zero-order valence-electron chi connectivity index (χ0n) is 12.6. The summed E-state index contributed by atoms with van der Waals surface area (Å²) in [6, 6.07) is 7.93. The van der Waals surface area contributed by atoms with Crippen LogP contribution in [0.4, 0.5) is 0 Å². The first kappa shape index (κ1) is 14.8. The monoisotopic (exact) mass is 271 g/mol. The topological polar surface area (TPSA) is 29.1 Å². The van der Waals surface area contributed by atoms with Crippen LogP contribution in [0.1, 0.15) is 67.8 Å². The predicted octanol–water partition coefficient (Wildman–Crippen LogP) is 4.43. The molecule has 0 heterocycles. The van der Waals surface area contributed by atoms with Crippen LogP contribution >= 0.6 is 0 Å². The fraction of sp³-hybridized carbons (Fsp3) is 0.500. The Morgan fingerprint density at radius 3 is 2.55 bits per heavy atom. The van der Waals surface area contributed by atoms with Gasteiger partial charge < -0.3 is 5.32 Å². The third kappa shape index (κ3) is 4.22. The first-order valence-corrected chi connectivity index (χ1v) is 7.73. The summed E-state index contributed by atoms with van der Waals surface area (Å²) in [4.78, 5) is 12.0. The summed E-state index contributed by atoms with van der Waals surface area (Å²) in [6.07, 6.45) is 8.37. The maximum Gasteiger partial charge on any atom is 0.251 e. The first-order chi connectivity index (χ1) is 9.66. The van der Waals surface area contributed by atoms with E-state index < -0.39 is 0 Å². The van der Waals surface area contributed by atoms with Gasteiger partial charge in [-0.05, 0) is 55.7 Å². The SMILES string of the molecule is CC(C)c1ccc(C(=O)NCCC2=CCCCC2)cc1. The summed E-state index contributed by atoms with van der Waals surface area (Å²) >= 11 is 0. The Morgan fingerprint density at radius 1 is 1.20 bits per heavy atom. The van der Waals surface area contributed by atoms with E-state index in [1.807, 2.05) is 24.3 Å². The van der Waals surface area contributed by atoms with Crippen molar-refractivity contribution in [2.45, 2.75) is 51.9 Å². The molecule has 20 heavy (non-hydrogen) atoms. The van der Waals surface area contributed by atoms with Gasteiger partial charge in [0.05, 0.1) is 0 Å². The lowest BCUT2D eigenvalue weighted by atomic mass is 9.97. The summed E-state index contributed by atoms with van der Waals surface area (Å²) in [5.74, 6) is 0.544. The summed E-state index contributed by atoms with van der Waals surface area (Å²) in [6.45, 7) is 5.07. The molecule has 2 nitrogen and oxygen atoms in total. The average molecular weight is 271 g/mol. The number of carbonyl (C=O) groups is 1. The quantitative estimate of drug-likeness (QED) is 0.789. The van der Waals surface area contributed by atoms with Gasteiger partial charge in [0.25, 0.3) is 5.91 Å². The molecule has 0 saturated carbocycles. The molecule has 0 unspecified atom stereocenters. The maximum atomic E-state index is 12.0. The molecule has 0 aliphatic heterocycles. The van der Waals surface area contributed by atoms with Gasteiger partial charge in [0, 0.05) is 12.1 Å². The summed E-state index contributed by atoms with van der Waals surface area (Å²) in [7, 11) is 0. The molecule has 1 N–H and O–H groups in total. The number of hydrogen-bond donors (Lipinski definition) is 1. The summed E-state index contributed by atoms with van der Waals surface area (Å²) in [5, 5.41) is 3.02. The van der Waals surface area contributed by atoms with Crippen LogP contribution in [-0.4, -0.2) is 12.5 Å². The van der Waals surface area contributed by atoms with Crippen molar-refractivity contribution in [2.24, 2.45) is 0 Å². The van der Waals surface area contributed by atoms with Crippen molar-refractivity contribution in [1.29, 1.82) is 0 Å². The second-order valence-electron chi connectivity index (χ2n) is 5.89. The van der Waals surface area contributed by atoms with Crippen LogP contribution in [-0.2, 0) is 0 Å². The minimum atomic E-state index is 0.0386. The third-order valence-corrected chi connectivity index (χ3v) is 3.96. The number of hydrogen-bond acceptors (Lipinski definition) is 1. The van der Waals surface area contributed by atoms with Crippen LogP contribution in [0.2, 0.25) is 0 Å². The van der Waals surface area contributed by atoms with Gasteiger partial charge in [-0.1, -0.05) is 37.6 Å². The van der Waals surface area contributed by atoms with Gasteiger partial charge in [0.1, 0.15) is 0 Å². The number of amides is 1. The van der Waals surface area contributed by atoms with Gasteiger partial charge >= 0.3 is 0 Å². The Kier molecular flexibility index (Phi) is 5.40. The standard InChI is InChI=1S/C18H25NO/c1-14(2)16-8-10-17(11-9-16)18(20)19-13-12-15-6-4-3-5-7-15/h6,8-11,14H,3-5,7,12-13H2,1-2H3,(H,19,20). The smallest absolute Gasteiger partial charge is 0.251 e. The molecule has 0 aromatic heterocycles. The van der Waals surface area contributed by atoms with Crippen molar-refractivity contribution >= 4 is 5.91 Å². The number of rotatable bonds is 5. The lowest BCUT2D eigenvalue weighted by Gasteiger charge is -2.13. The fourth-order valence-corrected chi connectivity index (χ4v) is 2.59. The molecule has 1 aromatic rings. The molecule has 0 radical (unpaired) electrons. The predicted molar refractivity (Wildman–Crippen MR) is 84.0 cm³/mol. The highest BCUT2D eigenvalue weighted by Gasteiger charge is 2.07. The molecule has 108 valence electrons. The first-order valence-electron chi connectivity index (χ1n) is 7.73. The Balaban J connectivity index is 1.80. The molecule has 1 aliphatic rings. The van der Waals surface area contributed by atoms with Gasteiger partial charge in [0.15, 0.2) is 0 Å². The van der Waals surface area contributed by atoms with Crippen molar-refractivity contribution in [3.8, 4) is 0 Å². The Labute approximate surface area is 122 Å². The van der Waals surface area contributed by atoms with Crippen molar-refractivity contribution in [1.82, 2.24) is 5.32 Å². The highest BCUT2D eigenvalue weighted by molar-refractivity contribution is 5.94. The molecule has 2 rings (SSSR count). The van der Waals surface area contributed by atoms with E-state index in [0.717, 1.165) is 18.5 Å². The number of carbonyl (C=O) groups excluding carboxylic acids is 1. The van der Waals surface area contributed by atoms with Crippen LogP contribution in [0, 0.1) is 0 Å². The lowest BCUT2D eigenvalue weighted by molar-refractivity contribution is 0.0954. The minimum Gasteiger partial charge on any atom is -0.352 e. The second kappa shape index (κ2) is 7.28. The molecule has 1 amide bonds. The molecule has 0 bridgehead atoms. The van der Waals surface area contributed by atoms with Gasteiger partial charge in [0.2, 0.25) is 0 Å². The van der Waals surface area contributed by atoms with Gasteiger partial charge in [-0.15, -0.1) is 0 Å². The van der Waals surface area contributed by atoms with Crippen LogP contribution in [0.5, 0.6) is 0 Å². The Hall–Kier alpha value is -1.57. The zero-order valence-corrected chi connectivity index (χ0v) is 12.6. The molecule has 0 spiro atoms. The van der Waals surface area contributed by atoms with Crippen molar-refractivity contribution in [2.75, 3.05) is 6.54 Å². The fourth-order valence-electron chi connectivity index (χ4n) is 2.59. The number of nitrogens with one attached hydrogen (secondary N) is 1. The maximum absolute atomic E-state index is 12.0. The third-order valence-electron chi connectivity index (χ3n) is 3.96. The van der Waals surface area contributed by atoms with Crippen molar-refractivity contribution in [3.63, 3.8) is 0 Å². The average Bonchev–Trinajstić information content (AvgIpc) is 2.48. The van der Waals surface area contributed by atoms with Crippen LogP contribution in [0.15, 0.2) is 35.9 Å². The molecule has 1 aliphatic carbocycles. The largest absolute Gasteiger partial charge is 0.352 e.